The van der Waals surface area contributed by atoms with Crippen molar-refractivity contribution in [3.63, 3.8) is 0 Å². The van der Waals surface area contributed by atoms with Crippen LogP contribution in [0.5, 0.6) is 0 Å². The quantitative estimate of drug-likeness (QED) is 0.676. The number of nitrogens with zero attached hydrogens (tertiary/aromatic N) is 1. The predicted molar refractivity (Wildman–Crippen MR) is 83.2 cm³/mol. The SMILES string of the molecule is C=CCC(NC(=O)N(CCC(C)C)C1CCCC1)C(=O)O. The van der Waals surface area contributed by atoms with Crippen molar-refractivity contribution in [2.75, 3.05) is 6.54 Å². The Hall–Kier alpha value is -1.52. The number of hydrogen-bond acceptors (Lipinski definition) is 2. The summed E-state index contributed by atoms with van der Waals surface area (Å²) in [5.74, 6) is -0.497. The fourth-order valence-electron chi connectivity index (χ4n) is 2.68. The number of carboxylic acids is 1. The van der Waals surface area contributed by atoms with Crippen molar-refractivity contribution in [2.45, 2.75) is 64.5 Å². The van der Waals surface area contributed by atoms with Gasteiger partial charge in [-0.3, -0.25) is 0 Å². The van der Waals surface area contributed by atoms with Crippen LogP contribution in [0, 0.1) is 5.92 Å². The molecular weight excluding hydrogens is 268 g/mol. The average Bonchev–Trinajstić information content (AvgIpc) is 2.91. The van der Waals surface area contributed by atoms with Gasteiger partial charge in [-0.15, -0.1) is 6.58 Å². The van der Waals surface area contributed by atoms with Crippen molar-refractivity contribution in [1.29, 1.82) is 0 Å². The Balaban J connectivity index is 2.68. The molecule has 0 aliphatic heterocycles. The first-order chi connectivity index (χ1) is 9.95. The van der Waals surface area contributed by atoms with Crippen molar-refractivity contribution in [2.24, 2.45) is 5.92 Å². The maximum Gasteiger partial charge on any atom is 0.326 e. The van der Waals surface area contributed by atoms with Crippen LogP contribution >= 0.6 is 0 Å². The first kappa shape index (κ1) is 17.5. The van der Waals surface area contributed by atoms with E-state index >= 15 is 0 Å². The third-order valence-electron chi connectivity index (χ3n) is 3.97. The van der Waals surface area contributed by atoms with Crippen molar-refractivity contribution in [3.05, 3.63) is 12.7 Å². The number of carbonyl (C=O) groups excluding carboxylic acids is 1. The van der Waals surface area contributed by atoms with E-state index in [9.17, 15) is 9.59 Å². The predicted octanol–water partition coefficient (Wildman–Crippen LogP) is 3.02. The smallest absolute Gasteiger partial charge is 0.326 e. The molecule has 21 heavy (non-hydrogen) atoms. The molecule has 5 nitrogen and oxygen atoms in total. The van der Waals surface area contributed by atoms with Crippen molar-refractivity contribution < 1.29 is 14.7 Å². The summed E-state index contributed by atoms with van der Waals surface area (Å²) in [6.07, 6.45) is 7.02. The molecule has 2 N–H and O–H groups in total. The highest BCUT2D eigenvalue weighted by Gasteiger charge is 2.29. The largest absolute Gasteiger partial charge is 0.480 e. The number of carbonyl (C=O) groups is 2. The molecule has 1 fully saturated rings. The third-order valence-corrected chi connectivity index (χ3v) is 3.97. The summed E-state index contributed by atoms with van der Waals surface area (Å²) in [5, 5.41) is 11.8. The highest BCUT2D eigenvalue weighted by molar-refractivity contribution is 5.82. The van der Waals surface area contributed by atoms with Gasteiger partial charge in [0, 0.05) is 12.6 Å². The van der Waals surface area contributed by atoms with Gasteiger partial charge in [-0.2, -0.15) is 0 Å². The fourth-order valence-corrected chi connectivity index (χ4v) is 2.68. The van der Waals surface area contributed by atoms with Crippen molar-refractivity contribution >= 4 is 12.0 Å². The van der Waals surface area contributed by atoms with Gasteiger partial charge in [0.25, 0.3) is 0 Å². The molecule has 5 heteroatoms. The van der Waals surface area contributed by atoms with Crippen molar-refractivity contribution in [1.82, 2.24) is 10.2 Å². The summed E-state index contributed by atoms with van der Waals surface area (Å²) >= 11 is 0. The Morgan fingerprint density at radius 3 is 2.48 bits per heavy atom. The van der Waals surface area contributed by atoms with Crippen LogP contribution in [0.4, 0.5) is 4.79 Å². The van der Waals surface area contributed by atoms with E-state index in [1.807, 2.05) is 4.90 Å². The first-order valence-corrected chi connectivity index (χ1v) is 7.86. The molecule has 0 heterocycles. The molecule has 0 aromatic rings. The van der Waals surface area contributed by atoms with Gasteiger partial charge in [-0.05, 0) is 31.6 Å². The number of hydrogen-bond donors (Lipinski definition) is 2. The monoisotopic (exact) mass is 296 g/mol. The maximum atomic E-state index is 12.4. The Morgan fingerprint density at radius 1 is 1.38 bits per heavy atom. The number of amides is 2. The maximum absolute atomic E-state index is 12.4. The second kappa shape index (κ2) is 8.70. The van der Waals surface area contributed by atoms with E-state index in [1.165, 1.54) is 6.08 Å². The Morgan fingerprint density at radius 2 is 2.00 bits per heavy atom. The lowest BCUT2D eigenvalue weighted by Crippen LogP contribution is -2.51. The van der Waals surface area contributed by atoms with E-state index in [0.717, 1.165) is 32.1 Å². The summed E-state index contributed by atoms with van der Waals surface area (Å²) in [4.78, 5) is 25.4. The molecule has 2 amide bonds. The average molecular weight is 296 g/mol. The molecule has 0 saturated heterocycles. The molecule has 0 aromatic heterocycles. The molecule has 1 saturated carbocycles. The summed E-state index contributed by atoms with van der Waals surface area (Å²) in [5.41, 5.74) is 0. The summed E-state index contributed by atoms with van der Waals surface area (Å²) in [6, 6.07) is -0.892. The molecular formula is C16H28N2O3. The number of carboxylic acid groups (broad SMARTS) is 1. The number of aliphatic carboxylic acids is 1. The lowest BCUT2D eigenvalue weighted by Gasteiger charge is -2.31. The van der Waals surface area contributed by atoms with Crippen molar-refractivity contribution in [3.8, 4) is 0 Å². The standard InChI is InChI=1S/C16H28N2O3/c1-4-7-14(15(19)20)17-16(21)18(11-10-12(2)3)13-8-5-6-9-13/h4,12-14H,1,5-11H2,2-3H3,(H,17,21)(H,19,20). The Kier molecular flexibility index (Phi) is 7.26. The molecule has 0 radical (unpaired) electrons. The van der Waals surface area contributed by atoms with Gasteiger partial charge >= 0.3 is 12.0 Å². The molecule has 0 spiro atoms. The zero-order valence-electron chi connectivity index (χ0n) is 13.2. The van der Waals surface area contributed by atoms with Crippen LogP contribution < -0.4 is 5.32 Å². The fraction of sp³-hybridized carbons (Fsp3) is 0.750. The topological polar surface area (TPSA) is 69.6 Å². The van der Waals surface area contributed by atoms with Crippen LogP contribution in [-0.2, 0) is 4.79 Å². The van der Waals surface area contributed by atoms with Gasteiger partial charge in [-0.1, -0.05) is 32.8 Å². The zero-order valence-corrected chi connectivity index (χ0v) is 13.2. The van der Waals surface area contributed by atoms with E-state index in [-0.39, 0.29) is 18.5 Å². The van der Waals surface area contributed by atoms with Gasteiger partial charge in [0.1, 0.15) is 6.04 Å². The Labute approximate surface area is 127 Å². The lowest BCUT2D eigenvalue weighted by atomic mass is 10.1. The molecule has 120 valence electrons. The van der Waals surface area contributed by atoms with Crippen LogP contribution in [0.25, 0.3) is 0 Å². The minimum Gasteiger partial charge on any atom is -0.480 e. The number of nitrogens with one attached hydrogen (secondary N) is 1. The van der Waals surface area contributed by atoms with E-state index in [4.69, 9.17) is 5.11 Å². The van der Waals surface area contributed by atoms with Crippen LogP contribution in [0.15, 0.2) is 12.7 Å². The number of rotatable bonds is 8. The molecule has 1 aliphatic rings. The Bertz CT molecular complexity index is 363. The van der Waals surface area contributed by atoms with E-state index < -0.39 is 12.0 Å². The first-order valence-electron chi connectivity index (χ1n) is 7.86. The third kappa shape index (κ3) is 5.78. The van der Waals surface area contributed by atoms with Crippen LogP contribution in [-0.4, -0.2) is 40.6 Å². The zero-order chi connectivity index (χ0) is 15.8. The molecule has 1 unspecified atom stereocenters. The van der Waals surface area contributed by atoms with Gasteiger partial charge in [0.05, 0.1) is 0 Å². The van der Waals surface area contributed by atoms with Crippen LogP contribution in [0.3, 0.4) is 0 Å². The van der Waals surface area contributed by atoms with E-state index in [2.05, 4.69) is 25.7 Å². The summed E-state index contributed by atoms with van der Waals surface area (Å²) < 4.78 is 0. The second-order valence-corrected chi connectivity index (χ2v) is 6.18. The second-order valence-electron chi connectivity index (χ2n) is 6.18. The highest BCUT2D eigenvalue weighted by atomic mass is 16.4. The van der Waals surface area contributed by atoms with E-state index in [1.54, 1.807) is 0 Å². The summed E-state index contributed by atoms with van der Waals surface area (Å²) in [6.45, 7) is 8.49. The highest BCUT2D eigenvalue weighted by Crippen LogP contribution is 2.24. The molecule has 0 bridgehead atoms. The minimum atomic E-state index is -1.02. The van der Waals surface area contributed by atoms with Gasteiger partial charge in [-0.25, -0.2) is 9.59 Å². The van der Waals surface area contributed by atoms with E-state index in [0.29, 0.717) is 12.5 Å². The van der Waals surface area contributed by atoms with Crippen LogP contribution in [0.1, 0.15) is 52.4 Å². The molecule has 1 aliphatic carbocycles. The lowest BCUT2D eigenvalue weighted by molar-refractivity contribution is -0.139. The molecule has 1 atom stereocenters. The minimum absolute atomic E-state index is 0.240. The molecule has 0 aromatic carbocycles. The molecule has 1 rings (SSSR count). The normalized spacial score (nSPS) is 16.7. The number of urea groups is 1. The van der Waals surface area contributed by atoms with Crippen LogP contribution in [0.2, 0.25) is 0 Å². The van der Waals surface area contributed by atoms with Gasteiger partial charge in [0.15, 0.2) is 0 Å². The van der Waals surface area contributed by atoms with Gasteiger partial charge < -0.3 is 15.3 Å². The summed E-state index contributed by atoms with van der Waals surface area (Å²) in [7, 11) is 0. The van der Waals surface area contributed by atoms with Gasteiger partial charge in [0.2, 0.25) is 0 Å².